The predicted molar refractivity (Wildman–Crippen MR) is 119 cm³/mol. The molecule has 2 aromatic carbocycles. The number of amides is 1. The van der Waals surface area contributed by atoms with Gasteiger partial charge in [-0.05, 0) is 43.2 Å². The third-order valence-corrected chi connectivity index (χ3v) is 7.32. The highest BCUT2D eigenvalue weighted by molar-refractivity contribution is 7.89. The molecule has 0 bridgehead atoms. The van der Waals surface area contributed by atoms with E-state index in [0.717, 1.165) is 17.4 Å². The summed E-state index contributed by atoms with van der Waals surface area (Å²) in [6, 6.07) is 10.3. The summed E-state index contributed by atoms with van der Waals surface area (Å²) in [5.74, 6) is 0.663. The number of hydrogen-bond acceptors (Lipinski definition) is 6. The Bertz CT molecular complexity index is 1100. The fraction of sp³-hybridized carbons (Fsp3) is 0.381. The maximum Gasteiger partial charge on any atom is 0.270 e. The number of halogens is 1. The van der Waals surface area contributed by atoms with Crippen LogP contribution in [0.15, 0.2) is 47.4 Å². The normalized spacial score (nSPS) is 14.9. The number of rotatable bonds is 8. The highest BCUT2D eigenvalue weighted by Gasteiger charge is 2.30. The molecule has 0 N–H and O–H groups in total. The van der Waals surface area contributed by atoms with E-state index in [9.17, 15) is 23.3 Å². The highest BCUT2D eigenvalue weighted by Crippen LogP contribution is 2.23. The minimum atomic E-state index is -3.86. The van der Waals surface area contributed by atoms with E-state index in [4.69, 9.17) is 16.3 Å². The zero-order valence-corrected chi connectivity index (χ0v) is 19.1. The van der Waals surface area contributed by atoms with Gasteiger partial charge in [0.15, 0.2) is 0 Å². The molecule has 2 aromatic rings. The third-order valence-electron chi connectivity index (χ3n) is 5.19. The number of benzene rings is 2. The van der Waals surface area contributed by atoms with Crippen molar-refractivity contribution in [1.29, 1.82) is 0 Å². The van der Waals surface area contributed by atoms with Crippen molar-refractivity contribution in [1.82, 2.24) is 9.21 Å². The lowest BCUT2D eigenvalue weighted by Crippen LogP contribution is -2.50. The number of carbonyl (C=O) groups excluding carboxylic acids is 1. The molecule has 1 aliphatic heterocycles. The Kier molecular flexibility index (Phi) is 7.70. The van der Waals surface area contributed by atoms with E-state index >= 15 is 0 Å². The van der Waals surface area contributed by atoms with Gasteiger partial charge < -0.3 is 9.64 Å². The maximum atomic E-state index is 12.8. The van der Waals surface area contributed by atoms with Gasteiger partial charge in [0.2, 0.25) is 15.9 Å². The fourth-order valence-corrected chi connectivity index (χ4v) is 5.11. The van der Waals surface area contributed by atoms with Crippen molar-refractivity contribution < 1.29 is 22.9 Å². The van der Waals surface area contributed by atoms with E-state index in [1.807, 2.05) is 13.0 Å². The molecule has 0 unspecified atom stereocenters. The molecule has 0 saturated carbocycles. The van der Waals surface area contributed by atoms with Crippen LogP contribution in [0.25, 0.3) is 0 Å². The number of hydrogen-bond donors (Lipinski definition) is 0. The lowest BCUT2D eigenvalue weighted by molar-refractivity contribution is -0.385. The average molecular weight is 482 g/mol. The van der Waals surface area contributed by atoms with Gasteiger partial charge in [0.1, 0.15) is 5.75 Å². The van der Waals surface area contributed by atoms with Gasteiger partial charge in [-0.25, -0.2) is 8.42 Å². The minimum Gasteiger partial charge on any atom is -0.493 e. The van der Waals surface area contributed by atoms with Crippen LogP contribution < -0.4 is 4.74 Å². The molecule has 0 spiro atoms. The molecule has 172 valence electrons. The Morgan fingerprint density at radius 3 is 2.53 bits per heavy atom. The second-order valence-electron chi connectivity index (χ2n) is 7.40. The van der Waals surface area contributed by atoms with Crippen molar-refractivity contribution in [3.05, 3.63) is 63.2 Å². The van der Waals surface area contributed by atoms with Crippen molar-refractivity contribution in [2.75, 3.05) is 32.8 Å². The standard InChI is InChI=1S/C21H24ClN3O6S/c1-16-14-17(22)7-8-20(16)31-13-3-6-21(26)23-9-11-24(12-10-23)32(29,30)19-5-2-4-18(15-19)25(27)28/h2,4-5,7-8,14-15H,3,6,9-13H2,1H3. The summed E-state index contributed by atoms with van der Waals surface area (Å²) < 4.78 is 32.6. The van der Waals surface area contributed by atoms with Gasteiger partial charge in [-0.3, -0.25) is 14.9 Å². The molecule has 3 rings (SSSR count). The largest absolute Gasteiger partial charge is 0.493 e. The van der Waals surface area contributed by atoms with Crippen LogP contribution in [-0.2, 0) is 14.8 Å². The zero-order chi connectivity index (χ0) is 23.3. The molecule has 9 nitrogen and oxygen atoms in total. The van der Waals surface area contributed by atoms with Gasteiger partial charge in [-0.15, -0.1) is 0 Å². The van der Waals surface area contributed by atoms with Crippen LogP contribution in [0.3, 0.4) is 0 Å². The Labute approximate surface area is 191 Å². The molecule has 0 radical (unpaired) electrons. The summed E-state index contributed by atoms with van der Waals surface area (Å²) in [6.07, 6.45) is 0.831. The smallest absolute Gasteiger partial charge is 0.270 e. The molecule has 1 saturated heterocycles. The van der Waals surface area contributed by atoms with Crippen molar-refractivity contribution in [2.45, 2.75) is 24.7 Å². The fourth-order valence-electron chi connectivity index (χ4n) is 3.42. The first-order chi connectivity index (χ1) is 15.2. The molecule has 1 heterocycles. The number of carbonyl (C=O) groups is 1. The Morgan fingerprint density at radius 2 is 1.88 bits per heavy atom. The van der Waals surface area contributed by atoms with Crippen LogP contribution in [0.4, 0.5) is 5.69 Å². The Hall–Kier alpha value is -2.69. The molecule has 1 amide bonds. The molecule has 11 heteroatoms. The van der Waals surface area contributed by atoms with Gasteiger partial charge in [-0.2, -0.15) is 4.31 Å². The highest BCUT2D eigenvalue weighted by atomic mass is 35.5. The number of aryl methyl sites for hydroxylation is 1. The molecular formula is C21H24ClN3O6S. The summed E-state index contributed by atoms with van der Waals surface area (Å²) in [6.45, 7) is 3.09. The summed E-state index contributed by atoms with van der Waals surface area (Å²) >= 11 is 5.92. The molecule has 1 fully saturated rings. The van der Waals surface area contributed by atoms with Crippen LogP contribution in [-0.4, -0.2) is 61.2 Å². The first-order valence-electron chi connectivity index (χ1n) is 10.1. The van der Waals surface area contributed by atoms with Crippen molar-refractivity contribution in [3.63, 3.8) is 0 Å². The van der Waals surface area contributed by atoms with E-state index in [2.05, 4.69) is 0 Å². The van der Waals surface area contributed by atoms with Crippen LogP contribution in [0.1, 0.15) is 18.4 Å². The summed E-state index contributed by atoms with van der Waals surface area (Å²) in [7, 11) is -3.86. The average Bonchev–Trinajstić information content (AvgIpc) is 2.78. The SMILES string of the molecule is Cc1cc(Cl)ccc1OCCCC(=O)N1CCN(S(=O)(=O)c2cccc([N+](=O)[O-])c2)CC1. The lowest BCUT2D eigenvalue weighted by Gasteiger charge is -2.34. The van der Waals surface area contributed by atoms with Gasteiger partial charge in [0.25, 0.3) is 5.69 Å². The van der Waals surface area contributed by atoms with Crippen LogP contribution in [0.2, 0.25) is 5.02 Å². The predicted octanol–water partition coefficient (Wildman–Crippen LogP) is 3.25. The molecular weight excluding hydrogens is 458 g/mol. The van der Waals surface area contributed by atoms with E-state index in [1.165, 1.54) is 22.5 Å². The minimum absolute atomic E-state index is 0.0613. The van der Waals surface area contributed by atoms with Gasteiger partial charge >= 0.3 is 0 Å². The van der Waals surface area contributed by atoms with Gasteiger partial charge in [0.05, 0.1) is 16.4 Å². The monoisotopic (exact) mass is 481 g/mol. The van der Waals surface area contributed by atoms with E-state index in [1.54, 1.807) is 17.0 Å². The van der Waals surface area contributed by atoms with Crippen LogP contribution in [0, 0.1) is 17.0 Å². The van der Waals surface area contributed by atoms with Crippen molar-refractivity contribution in [2.24, 2.45) is 0 Å². The lowest BCUT2D eigenvalue weighted by atomic mass is 10.2. The quantitative estimate of drug-likeness (QED) is 0.325. The summed E-state index contributed by atoms with van der Waals surface area (Å²) in [4.78, 5) is 24.3. The molecule has 32 heavy (non-hydrogen) atoms. The second-order valence-corrected chi connectivity index (χ2v) is 9.78. The summed E-state index contributed by atoms with van der Waals surface area (Å²) in [5, 5.41) is 11.6. The topological polar surface area (TPSA) is 110 Å². The third kappa shape index (κ3) is 5.76. The number of non-ortho nitro benzene ring substituents is 1. The number of sulfonamides is 1. The maximum absolute atomic E-state index is 12.8. The molecule has 0 atom stereocenters. The first-order valence-corrected chi connectivity index (χ1v) is 11.9. The Balaban J connectivity index is 1.48. The van der Waals surface area contributed by atoms with E-state index in [-0.39, 0.29) is 42.7 Å². The van der Waals surface area contributed by atoms with Crippen molar-refractivity contribution in [3.8, 4) is 5.75 Å². The first kappa shape index (κ1) is 24.0. The van der Waals surface area contributed by atoms with E-state index in [0.29, 0.717) is 24.5 Å². The van der Waals surface area contributed by atoms with Gasteiger partial charge in [0, 0.05) is 49.8 Å². The van der Waals surface area contributed by atoms with E-state index < -0.39 is 14.9 Å². The molecule has 0 aromatic heterocycles. The zero-order valence-electron chi connectivity index (χ0n) is 17.6. The van der Waals surface area contributed by atoms with Gasteiger partial charge in [-0.1, -0.05) is 17.7 Å². The number of nitro groups is 1. The molecule has 0 aliphatic carbocycles. The summed E-state index contributed by atoms with van der Waals surface area (Å²) in [5.41, 5.74) is 0.640. The second kappa shape index (κ2) is 10.3. The Morgan fingerprint density at radius 1 is 1.16 bits per heavy atom. The van der Waals surface area contributed by atoms with Crippen LogP contribution >= 0.6 is 11.6 Å². The number of ether oxygens (including phenoxy) is 1. The van der Waals surface area contributed by atoms with Crippen LogP contribution in [0.5, 0.6) is 5.75 Å². The number of nitrogens with zero attached hydrogens (tertiary/aromatic N) is 3. The van der Waals surface area contributed by atoms with Crippen molar-refractivity contribution >= 4 is 33.2 Å². The molecule has 1 aliphatic rings. The number of piperazine rings is 1. The number of nitro benzene ring substituents is 1.